The van der Waals surface area contributed by atoms with Crippen LogP contribution in [0, 0.1) is 0 Å². The third-order valence-corrected chi connectivity index (χ3v) is 3.98. The van der Waals surface area contributed by atoms with Crippen LogP contribution in [-0.2, 0) is 49.3 Å². The van der Waals surface area contributed by atoms with Gasteiger partial charge in [-0.2, -0.15) is 0 Å². The van der Waals surface area contributed by atoms with Gasteiger partial charge >= 0.3 is 5.97 Å². The van der Waals surface area contributed by atoms with Crippen molar-refractivity contribution in [3.8, 4) is 0 Å². The van der Waals surface area contributed by atoms with Crippen molar-refractivity contribution < 1.29 is 42.7 Å². The second kappa shape index (κ2) is 20.8. The Morgan fingerprint density at radius 1 is 0.588 bits per heavy atom. The highest BCUT2D eigenvalue weighted by Crippen LogP contribution is 2.06. The summed E-state index contributed by atoms with van der Waals surface area (Å²) in [6.45, 7) is 11.8. The summed E-state index contributed by atoms with van der Waals surface area (Å²) in [4.78, 5) is 11.5. The molecule has 0 fully saturated rings. The summed E-state index contributed by atoms with van der Waals surface area (Å²) in [5.74, 6) is -0.380. The van der Waals surface area contributed by atoms with Gasteiger partial charge in [0.15, 0.2) is 0 Å². The van der Waals surface area contributed by atoms with Crippen LogP contribution in [0.1, 0.15) is 26.3 Å². The lowest BCUT2D eigenvalue weighted by molar-refractivity contribution is -0.160. The first-order valence-corrected chi connectivity index (χ1v) is 11.8. The van der Waals surface area contributed by atoms with Crippen LogP contribution in [0.25, 0.3) is 0 Å². The molecule has 0 aromatic heterocycles. The molecule has 1 aromatic carbocycles. The maximum atomic E-state index is 11.5. The van der Waals surface area contributed by atoms with E-state index < -0.39 is 5.60 Å². The Kier molecular flexibility index (Phi) is 18.6. The normalized spacial score (nSPS) is 11.6. The standard InChI is InChI=1S/C25H42O9/c1-25(2,3)34-24(26)22-33-20-18-31-16-14-29-12-10-27-9-11-28-13-15-30-17-19-32-21-23-7-5-4-6-8-23/h4-8H,9-22H2,1-3H3. The minimum absolute atomic E-state index is 0.0740. The predicted molar refractivity (Wildman–Crippen MR) is 127 cm³/mol. The van der Waals surface area contributed by atoms with Crippen molar-refractivity contribution in [2.45, 2.75) is 33.0 Å². The Bertz CT molecular complexity index is 590. The molecule has 0 saturated carbocycles. The first kappa shape index (κ1) is 30.4. The summed E-state index contributed by atoms with van der Waals surface area (Å²) in [6, 6.07) is 10.1. The number of rotatable bonds is 22. The van der Waals surface area contributed by atoms with Gasteiger partial charge in [0.1, 0.15) is 12.2 Å². The molecule has 0 N–H and O–H groups in total. The molecule has 1 aromatic rings. The van der Waals surface area contributed by atoms with E-state index in [4.69, 9.17) is 37.9 Å². The zero-order valence-corrected chi connectivity index (χ0v) is 21.0. The third kappa shape index (κ3) is 21.0. The average Bonchev–Trinajstić information content (AvgIpc) is 2.79. The van der Waals surface area contributed by atoms with Crippen LogP contribution < -0.4 is 0 Å². The molecule has 0 unspecified atom stereocenters. The van der Waals surface area contributed by atoms with Gasteiger partial charge in [0.2, 0.25) is 0 Å². The zero-order chi connectivity index (χ0) is 24.7. The molecule has 0 amide bonds. The molecular formula is C25H42O9. The van der Waals surface area contributed by atoms with Crippen LogP contribution in [0.5, 0.6) is 0 Å². The van der Waals surface area contributed by atoms with Crippen LogP contribution in [0.4, 0.5) is 0 Å². The van der Waals surface area contributed by atoms with E-state index >= 15 is 0 Å². The van der Waals surface area contributed by atoms with Gasteiger partial charge in [-0.05, 0) is 26.3 Å². The largest absolute Gasteiger partial charge is 0.458 e. The number of carbonyl (C=O) groups excluding carboxylic acids is 1. The van der Waals surface area contributed by atoms with Crippen LogP contribution in [-0.4, -0.2) is 97.5 Å². The molecule has 9 nitrogen and oxygen atoms in total. The number of hydrogen-bond acceptors (Lipinski definition) is 9. The Labute approximate surface area is 203 Å². The molecule has 196 valence electrons. The minimum atomic E-state index is -0.501. The Hall–Kier alpha value is -1.59. The highest BCUT2D eigenvalue weighted by atomic mass is 16.6. The summed E-state index contributed by atoms with van der Waals surface area (Å²) >= 11 is 0. The lowest BCUT2D eigenvalue weighted by Gasteiger charge is -2.19. The van der Waals surface area contributed by atoms with Gasteiger partial charge in [-0.25, -0.2) is 4.79 Å². The van der Waals surface area contributed by atoms with Crippen molar-refractivity contribution in [2.24, 2.45) is 0 Å². The fraction of sp³-hybridized carbons (Fsp3) is 0.720. The van der Waals surface area contributed by atoms with Crippen molar-refractivity contribution in [1.82, 2.24) is 0 Å². The summed E-state index contributed by atoms with van der Waals surface area (Å²) in [6.07, 6.45) is 0. The van der Waals surface area contributed by atoms with E-state index in [-0.39, 0.29) is 12.6 Å². The smallest absolute Gasteiger partial charge is 0.332 e. The number of ether oxygens (including phenoxy) is 8. The third-order valence-electron chi connectivity index (χ3n) is 3.98. The number of hydrogen-bond donors (Lipinski definition) is 0. The predicted octanol–water partition coefficient (Wildman–Crippen LogP) is 2.64. The van der Waals surface area contributed by atoms with Crippen molar-refractivity contribution >= 4 is 5.97 Å². The quantitative estimate of drug-likeness (QED) is 0.181. The van der Waals surface area contributed by atoms with Gasteiger partial charge in [-0.1, -0.05) is 30.3 Å². The Balaban J connectivity index is 1.69. The molecule has 0 saturated heterocycles. The lowest BCUT2D eigenvalue weighted by atomic mass is 10.2. The van der Waals surface area contributed by atoms with Crippen molar-refractivity contribution in [2.75, 3.05) is 85.9 Å². The van der Waals surface area contributed by atoms with Gasteiger partial charge in [0.05, 0.1) is 85.9 Å². The lowest BCUT2D eigenvalue weighted by Crippen LogP contribution is -2.27. The van der Waals surface area contributed by atoms with E-state index in [1.807, 2.05) is 51.1 Å². The van der Waals surface area contributed by atoms with Gasteiger partial charge in [-0.3, -0.25) is 0 Å². The minimum Gasteiger partial charge on any atom is -0.458 e. The molecule has 0 spiro atoms. The fourth-order valence-corrected chi connectivity index (χ4v) is 2.51. The van der Waals surface area contributed by atoms with Gasteiger partial charge in [0, 0.05) is 0 Å². The van der Waals surface area contributed by atoms with E-state index in [0.717, 1.165) is 5.56 Å². The number of carbonyl (C=O) groups is 1. The van der Waals surface area contributed by atoms with Crippen molar-refractivity contribution in [1.29, 1.82) is 0 Å². The fourth-order valence-electron chi connectivity index (χ4n) is 2.51. The first-order chi connectivity index (χ1) is 16.5. The van der Waals surface area contributed by atoms with Crippen molar-refractivity contribution in [3.63, 3.8) is 0 Å². The highest BCUT2D eigenvalue weighted by Gasteiger charge is 2.15. The second-order valence-electron chi connectivity index (χ2n) is 8.24. The number of benzene rings is 1. The molecule has 0 bridgehead atoms. The molecule has 34 heavy (non-hydrogen) atoms. The molecular weight excluding hydrogens is 444 g/mol. The van der Waals surface area contributed by atoms with E-state index in [1.54, 1.807) is 0 Å². The molecule has 0 atom stereocenters. The summed E-state index contributed by atoms with van der Waals surface area (Å²) < 4.78 is 43.0. The summed E-state index contributed by atoms with van der Waals surface area (Å²) in [7, 11) is 0. The van der Waals surface area contributed by atoms with Crippen LogP contribution in [0.15, 0.2) is 30.3 Å². The van der Waals surface area contributed by atoms with Crippen LogP contribution in [0.2, 0.25) is 0 Å². The molecule has 0 radical (unpaired) electrons. The average molecular weight is 487 g/mol. The van der Waals surface area contributed by atoms with Gasteiger partial charge < -0.3 is 37.9 Å². The molecule has 0 heterocycles. The Morgan fingerprint density at radius 3 is 1.38 bits per heavy atom. The molecule has 0 aliphatic rings. The molecule has 0 aliphatic carbocycles. The summed E-state index contributed by atoms with van der Waals surface area (Å²) in [5, 5.41) is 0. The molecule has 1 rings (SSSR count). The SMILES string of the molecule is CC(C)(C)OC(=O)COCCOCCOCCOCCOCCOCCOCc1ccccc1. The van der Waals surface area contributed by atoms with E-state index in [1.165, 1.54) is 0 Å². The topological polar surface area (TPSA) is 90.9 Å². The summed E-state index contributed by atoms with van der Waals surface area (Å²) in [5.41, 5.74) is 0.655. The Morgan fingerprint density at radius 2 is 0.971 bits per heavy atom. The van der Waals surface area contributed by atoms with Gasteiger partial charge in [0.25, 0.3) is 0 Å². The molecule has 0 aliphatic heterocycles. The zero-order valence-electron chi connectivity index (χ0n) is 21.0. The maximum Gasteiger partial charge on any atom is 0.332 e. The van der Waals surface area contributed by atoms with E-state index in [0.29, 0.717) is 85.9 Å². The first-order valence-electron chi connectivity index (χ1n) is 11.8. The van der Waals surface area contributed by atoms with Crippen molar-refractivity contribution in [3.05, 3.63) is 35.9 Å². The van der Waals surface area contributed by atoms with Gasteiger partial charge in [-0.15, -0.1) is 0 Å². The monoisotopic (exact) mass is 486 g/mol. The highest BCUT2D eigenvalue weighted by molar-refractivity contribution is 5.71. The van der Waals surface area contributed by atoms with E-state index in [9.17, 15) is 4.79 Å². The van der Waals surface area contributed by atoms with Crippen LogP contribution in [0.3, 0.4) is 0 Å². The maximum absolute atomic E-state index is 11.5. The number of esters is 1. The van der Waals surface area contributed by atoms with E-state index in [2.05, 4.69) is 0 Å². The molecule has 9 heteroatoms. The second-order valence-corrected chi connectivity index (χ2v) is 8.24. The van der Waals surface area contributed by atoms with Crippen LogP contribution >= 0.6 is 0 Å².